The largest absolute Gasteiger partial charge is 0.369 e. The van der Waals surface area contributed by atoms with E-state index >= 15 is 0 Å². The van der Waals surface area contributed by atoms with E-state index in [-0.39, 0.29) is 6.03 Å². The molecule has 1 saturated heterocycles. The second kappa shape index (κ2) is 11.6. The van der Waals surface area contributed by atoms with Gasteiger partial charge in [-0.25, -0.2) is 14.8 Å². The number of rotatable bonds is 8. The molecule has 0 bridgehead atoms. The lowest BCUT2D eigenvalue weighted by Gasteiger charge is -2.34. The monoisotopic (exact) mass is 525 g/mol. The predicted molar refractivity (Wildman–Crippen MR) is 141 cm³/mol. The van der Waals surface area contributed by atoms with Crippen molar-refractivity contribution in [2.45, 2.75) is 13.0 Å². The topological polar surface area (TPSA) is 76.6 Å². The van der Waals surface area contributed by atoms with Crippen molar-refractivity contribution in [2.24, 2.45) is 0 Å². The van der Waals surface area contributed by atoms with Gasteiger partial charge < -0.3 is 20.4 Å². The molecule has 2 N–H and O–H groups in total. The lowest BCUT2D eigenvalue weighted by atomic mass is 10.2. The van der Waals surface area contributed by atoms with E-state index in [4.69, 9.17) is 9.97 Å². The summed E-state index contributed by atoms with van der Waals surface area (Å²) in [5.74, 6) is 1.70. The van der Waals surface area contributed by atoms with Crippen LogP contribution in [-0.2, 0) is 6.54 Å². The Kier molecular flexibility index (Phi) is 8.31. The van der Waals surface area contributed by atoms with Crippen LogP contribution in [0.3, 0.4) is 0 Å². The van der Waals surface area contributed by atoms with Crippen LogP contribution in [0.2, 0.25) is 0 Å². The van der Waals surface area contributed by atoms with Gasteiger partial charge in [0.2, 0.25) is 0 Å². The molecule has 34 heavy (non-hydrogen) atoms. The Balaban J connectivity index is 1.35. The molecule has 0 saturated carbocycles. The number of amides is 2. The van der Waals surface area contributed by atoms with Crippen LogP contribution >= 0.6 is 15.9 Å². The zero-order valence-electron chi connectivity index (χ0n) is 19.8. The van der Waals surface area contributed by atoms with Crippen LogP contribution < -0.4 is 10.6 Å². The molecule has 0 unspecified atom stereocenters. The van der Waals surface area contributed by atoms with Crippen LogP contribution in [-0.4, -0.2) is 84.1 Å². The second-order valence-electron chi connectivity index (χ2n) is 8.79. The van der Waals surface area contributed by atoms with Crippen molar-refractivity contribution in [3.8, 4) is 0 Å². The highest BCUT2D eigenvalue weighted by Crippen LogP contribution is 2.21. The lowest BCUT2D eigenvalue weighted by molar-refractivity contribution is 0.141. The van der Waals surface area contributed by atoms with Gasteiger partial charge in [-0.15, -0.1) is 0 Å². The summed E-state index contributed by atoms with van der Waals surface area (Å²) in [6.45, 7) is 5.47. The molecule has 9 heteroatoms. The highest BCUT2D eigenvalue weighted by atomic mass is 79.9. The van der Waals surface area contributed by atoms with Gasteiger partial charge in [0.25, 0.3) is 0 Å². The molecule has 2 heterocycles. The number of benzene rings is 2. The van der Waals surface area contributed by atoms with Crippen LogP contribution in [0.4, 0.5) is 16.3 Å². The second-order valence-corrected chi connectivity index (χ2v) is 9.71. The summed E-state index contributed by atoms with van der Waals surface area (Å²) in [6.07, 6.45) is 1.05. The first kappa shape index (κ1) is 24.4. The van der Waals surface area contributed by atoms with Gasteiger partial charge in [0.15, 0.2) is 0 Å². The van der Waals surface area contributed by atoms with E-state index in [2.05, 4.69) is 56.5 Å². The minimum atomic E-state index is -0.0658. The van der Waals surface area contributed by atoms with Crippen molar-refractivity contribution in [2.75, 3.05) is 64.0 Å². The van der Waals surface area contributed by atoms with Crippen LogP contribution in [0.15, 0.2) is 53.0 Å². The number of hydrogen-bond acceptors (Lipinski definition) is 6. The summed E-state index contributed by atoms with van der Waals surface area (Å²) < 4.78 is 0.942. The molecule has 0 radical (unpaired) electrons. The van der Waals surface area contributed by atoms with Gasteiger partial charge in [-0.05, 0) is 57.4 Å². The summed E-state index contributed by atoms with van der Waals surface area (Å²) in [4.78, 5) is 28.7. The summed E-state index contributed by atoms with van der Waals surface area (Å²) in [5, 5.41) is 7.53. The fourth-order valence-corrected chi connectivity index (χ4v) is 4.41. The smallest absolute Gasteiger partial charge is 0.321 e. The Morgan fingerprint density at radius 2 is 1.85 bits per heavy atom. The average Bonchev–Trinajstić information content (AvgIpc) is 2.82. The number of aromatic nitrogens is 2. The molecule has 1 fully saturated rings. The zero-order valence-corrected chi connectivity index (χ0v) is 21.4. The summed E-state index contributed by atoms with van der Waals surface area (Å²) in [5.41, 5.74) is 1.74. The molecule has 0 atom stereocenters. The van der Waals surface area contributed by atoms with E-state index < -0.39 is 0 Å². The van der Waals surface area contributed by atoms with Gasteiger partial charge in [-0.3, -0.25) is 4.90 Å². The maximum absolute atomic E-state index is 12.6. The Morgan fingerprint density at radius 3 is 2.62 bits per heavy atom. The van der Waals surface area contributed by atoms with E-state index in [1.165, 1.54) is 0 Å². The number of nitrogens with zero attached hydrogens (tertiary/aromatic N) is 5. The predicted octanol–water partition coefficient (Wildman–Crippen LogP) is 4.11. The van der Waals surface area contributed by atoms with E-state index in [1.54, 1.807) is 0 Å². The van der Waals surface area contributed by atoms with E-state index in [0.717, 1.165) is 65.3 Å². The van der Waals surface area contributed by atoms with Crippen molar-refractivity contribution in [1.82, 2.24) is 24.7 Å². The molecule has 4 rings (SSSR count). The van der Waals surface area contributed by atoms with Crippen LogP contribution in [0, 0.1) is 0 Å². The maximum atomic E-state index is 12.6. The first-order chi connectivity index (χ1) is 16.5. The number of piperazine rings is 1. The minimum Gasteiger partial charge on any atom is -0.369 e. The van der Waals surface area contributed by atoms with Gasteiger partial charge in [0, 0.05) is 48.3 Å². The van der Waals surface area contributed by atoms with Crippen LogP contribution in [0.1, 0.15) is 12.2 Å². The van der Waals surface area contributed by atoms with E-state index in [9.17, 15) is 4.79 Å². The van der Waals surface area contributed by atoms with Crippen molar-refractivity contribution in [3.05, 3.63) is 58.8 Å². The van der Waals surface area contributed by atoms with Crippen molar-refractivity contribution < 1.29 is 4.79 Å². The van der Waals surface area contributed by atoms with Gasteiger partial charge in [-0.2, -0.15) is 0 Å². The van der Waals surface area contributed by atoms with Crippen LogP contribution in [0.5, 0.6) is 0 Å². The number of anilines is 2. The fraction of sp³-hybridized carbons (Fsp3) is 0.400. The van der Waals surface area contributed by atoms with E-state index in [1.807, 2.05) is 47.4 Å². The normalized spacial score (nSPS) is 14.5. The number of nitrogens with one attached hydrogen (secondary N) is 2. The first-order valence-electron chi connectivity index (χ1n) is 11.7. The number of hydrogen-bond donors (Lipinski definition) is 2. The van der Waals surface area contributed by atoms with E-state index in [0.29, 0.717) is 19.6 Å². The number of carbonyl (C=O) groups excluding carboxylic acids is 1. The third kappa shape index (κ3) is 6.65. The molecule has 180 valence electrons. The van der Waals surface area contributed by atoms with Crippen molar-refractivity contribution in [3.63, 3.8) is 0 Å². The van der Waals surface area contributed by atoms with Crippen LogP contribution in [0.25, 0.3) is 10.9 Å². The van der Waals surface area contributed by atoms with Gasteiger partial charge in [0.1, 0.15) is 11.6 Å². The highest BCUT2D eigenvalue weighted by Gasteiger charge is 2.22. The Morgan fingerprint density at radius 1 is 1.06 bits per heavy atom. The Bertz CT molecular complexity index is 1120. The number of carbonyl (C=O) groups is 1. The Hall–Kier alpha value is -2.75. The molecule has 3 aromatic rings. The quantitative estimate of drug-likeness (QED) is 0.431. The van der Waals surface area contributed by atoms with Gasteiger partial charge in [0.05, 0.1) is 12.1 Å². The van der Waals surface area contributed by atoms with Crippen molar-refractivity contribution in [1.29, 1.82) is 0 Å². The Labute approximate surface area is 209 Å². The average molecular weight is 526 g/mol. The molecule has 1 aliphatic heterocycles. The molecule has 2 amide bonds. The first-order valence-corrected chi connectivity index (χ1v) is 12.5. The number of para-hydroxylation sites is 1. The summed E-state index contributed by atoms with van der Waals surface area (Å²) in [6, 6.07) is 15.7. The maximum Gasteiger partial charge on any atom is 0.321 e. The number of fused-ring (bicyclic) bond motifs is 1. The molecule has 0 spiro atoms. The molecule has 1 aliphatic rings. The minimum absolute atomic E-state index is 0.0658. The summed E-state index contributed by atoms with van der Waals surface area (Å²) >= 11 is 3.44. The van der Waals surface area contributed by atoms with Gasteiger partial charge in [-0.1, -0.05) is 34.1 Å². The fourth-order valence-electron chi connectivity index (χ4n) is 4.01. The summed E-state index contributed by atoms with van der Waals surface area (Å²) in [7, 11) is 4.17. The molecule has 2 aromatic carbocycles. The third-order valence-electron chi connectivity index (χ3n) is 5.82. The number of halogens is 1. The highest BCUT2D eigenvalue weighted by molar-refractivity contribution is 9.10. The van der Waals surface area contributed by atoms with Crippen molar-refractivity contribution >= 4 is 44.4 Å². The zero-order chi connectivity index (χ0) is 23.9. The third-order valence-corrected chi connectivity index (χ3v) is 6.32. The molecule has 1 aromatic heterocycles. The molecule has 0 aliphatic carbocycles. The van der Waals surface area contributed by atoms with Gasteiger partial charge >= 0.3 is 6.03 Å². The molecule has 8 nitrogen and oxygen atoms in total. The standard InChI is InChI=1S/C25H32BrN7O/c1-31(2)12-6-11-27-24-21-9-3-4-10-22(21)29-23(30-24)18-32-13-15-33(16-14-32)25(34)28-20-8-5-7-19(26)17-20/h3-5,7-10,17H,6,11-16,18H2,1-2H3,(H,28,34)(H,27,29,30). The molecular weight excluding hydrogens is 494 g/mol. The molecular formula is C25H32BrN7O. The SMILES string of the molecule is CN(C)CCCNc1nc(CN2CCN(C(=O)Nc3cccc(Br)c3)CC2)nc2ccccc12. The lowest BCUT2D eigenvalue weighted by Crippen LogP contribution is -2.49. The number of urea groups is 1.